The van der Waals surface area contributed by atoms with E-state index in [-0.39, 0.29) is 4.90 Å². The molecule has 25 heavy (non-hydrogen) atoms. The van der Waals surface area contributed by atoms with Gasteiger partial charge < -0.3 is 5.73 Å². The molecule has 0 spiro atoms. The number of sulfonamides is 1. The lowest BCUT2D eigenvalue weighted by atomic mass is 9.89. The Hall–Kier alpha value is -2.06. The predicted molar refractivity (Wildman–Crippen MR) is 99.7 cm³/mol. The lowest BCUT2D eigenvalue weighted by Crippen LogP contribution is -2.28. The summed E-state index contributed by atoms with van der Waals surface area (Å²) in [6.07, 6.45) is 0.794. The number of aliphatic imine (C=N–C) groups is 1. The number of hydrogen-bond acceptors (Lipinski definition) is 5. The minimum atomic E-state index is -4.01. The molecule has 1 aliphatic heterocycles. The summed E-state index contributed by atoms with van der Waals surface area (Å²) in [6, 6.07) is 12.2. The molecule has 0 bridgehead atoms. The quantitative estimate of drug-likeness (QED) is 0.854. The van der Waals surface area contributed by atoms with E-state index in [2.05, 4.69) is 9.71 Å². The van der Waals surface area contributed by atoms with Crippen LogP contribution in [-0.2, 0) is 15.6 Å². The number of nitrogens with one attached hydrogen (secondary N) is 1. The normalized spacial score (nSPS) is 20.8. The molecule has 0 aliphatic carbocycles. The van der Waals surface area contributed by atoms with Crippen LogP contribution >= 0.6 is 11.8 Å². The molecular formula is C17H18FN3O2S2. The van der Waals surface area contributed by atoms with Gasteiger partial charge in [-0.2, -0.15) is 0 Å². The highest BCUT2D eigenvalue weighted by molar-refractivity contribution is 8.13. The van der Waals surface area contributed by atoms with E-state index >= 15 is 0 Å². The van der Waals surface area contributed by atoms with Gasteiger partial charge in [-0.25, -0.2) is 12.8 Å². The van der Waals surface area contributed by atoms with E-state index in [4.69, 9.17) is 5.73 Å². The summed E-state index contributed by atoms with van der Waals surface area (Å²) in [5.41, 5.74) is 6.54. The van der Waals surface area contributed by atoms with Gasteiger partial charge >= 0.3 is 0 Å². The Kier molecular flexibility index (Phi) is 4.75. The minimum Gasteiger partial charge on any atom is -0.379 e. The Balaban J connectivity index is 1.93. The molecule has 1 atom stereocenters. The average Bonchev–Trinajstić information content (AvgIpc) is 2.55. The Morgan fingerprint density at radius 2 is 2.00 bits per heavy atom. The van der Waals surface area contributed by atoms with Gasteiger partial charge in [-0.3, -0.25) is 9.71 Å². The topological polar surface area (TPSA) is 84.5 Å². The number of hydrogen-bond donors (Lipinski definition) is 2. The summed E-state index contributed by atoms with van der Waals surface area (Å²) in [5.74, 6) is 0.0524. The molecule has 2 aromatic rings. The molecule has 132 valence electrons. The predicted octanol–water partition coefficient (Wildman–Crippen LogP) is 3.29. The third-order valence-electron chi connectivity index (χ3n) is 4.06. The van der Waals surface area contributed by atoms with E-state index in [9.17, 15) is 12.8 Å². The summed E-state index contributed by atoms with van der Waals surface area (Å²) in [6.45, 7) is 1.96. The van der Waals surface area contributed by atoms with Crippen molar-refractivity contribution in [2.45, 2.75) is 23.8 Å². The molecule has 2 aromatic carbocycles. The zero-order chi connectivity index (χ0) is 18.1. The van der Waals surface area contributed by atoms with Gasteiger partial charge in [-0.05, 0) is 43.2 Å². The molecule has 0 fully saturated rings. The first-order valence-electron chi connectivity index (χ1n) is 7.66. The third kappa shape index (κ3) is 3.80. The van der Waals surface area contributed by atoms with E-state index in [0.717, 1.165) is 23.8 Å². The summed E-state index contributed by atoms with van der Waals surface area (Å²) < 4.78 is 41.1. The Morgan fingerprint density at radius 1 is 1.24 bits per heavy atom. The van der Waals surface area contributed by atoms with Crippen molar-refractivity contribution in [3.63, 3.8) is 0 Å². The molecule has 0 aromatic heterocycles. The first-order valence-corrected chi connectivity index (χ1v) is 10.1. The molecule has 0 saturated heterocycles. The monoisotopic (exact) mass is 379 g/mol. The second kappa shape index (κ2) is 6.68. The summed E-state index contributed by atoms with van der Waals surface area (Å²) in [5, 5.41) is 0.520. The molecular weight excluding hydrogens is 361 g/mol. The Labute approximate surface area is 150 Å². The van der Waals surface area contributed by atoms with Gasteiger partial charge in [0.05, 0.1) is 5.54 Å². The zero-order valence-corrected chi connectivity index (χ0v) is 15.2. The van der Waals surface area contributed by atoms with Gasteiger partial charge in [0, 0.05) is 11.4 Å². The molecule has 8 heteroatoms. The lowest BCUT2D eigenvalue weighted by molar-refractivity contribution is 0.482. The van der Waals surface area contributed by atoms with Crippen LogP contribution in [0.25, 0.3) is 0 Å². The highest BCUT2D eigenvalue weighted by atomic mass is 32.2. The summed E-state index contributed by atoms with van der Waals surface area (Å²) in [7, 11) is -4.01. The maximum atomic E-state index is 13.8. The van der Waals surface area contributed by atoms with Crippen molar-refractivity contribution in [2.75, 3.05) is 10.5 Å². The molecule has 1 unspecified atom stereocenters. The Bertz CT molecular complexity index is 931. The fraction of sp³-hybridized carbons (Fsp3) is 0.235. The number of rotatable bonds is 4. The number of nitrogens with zero attached hydrogens (tertiary/aromatic N) is 1. The molecule has 1 aliphatic rings. The van der Waals surface area contributed by atoms with Crippen LogP contribution in [0.2, 0.25) is 0 Å². The lowest BCUT2D eigenvalue weighted by Gasteiger charge is -2.30. The molecule has 3 N–H and O–H groups in total. The van der Waals surface area contributed by atoms with Crippen LogP contribution in [0.4, 0.5) is 10.1 Å². The first kappa shape index (κ1) is 17.8. The van der Waals surface area contributed by atoms with Crippen LogP contribution in [0, 0.1) is 5.82 Å². The maximum absolute atomic E-state index is 13.8. The van der Waals surface area contributed by atoms with Crippen LogP contribution in [0.3, 0.4) is 0 Å². The number of halogens is 1. The van der Waals surface area contributed by atoms with Crippen molar-refractivity contribution < 1.29 is 12.8 Å². The molecule has 0 amide bonds. The van der Waals surface area contributed by atoms with E-state index < -0.39 is 21.4 Å². The second-order valence-corrected chi connectivity index (χ2v) is 8.71. The van der Waals surface area contributed by atoms with Crippen molar-refractivity contribution in [1.29, 1.82) is 0 Å². The molecule has 3 rings (SSSR count). The van der Waals surface area contributed by atoms with Crippen molar-refractivity contribution in [2.24, 2.45) is 10.7 Å². The third-order valence-corrected chi connectivity index (χ3v) is 6.27. The smallest absolute Gasteiger partial charge is 0.264 e. The van der Waals surface area contributed by atoms with Gasteiger partial charge in [-0.15, -0.1) is 0 Å². The average molecular weight is 379 g/mol. The molecule has 0 saturated carbocycles. The van der Waals surface area contributed by atoms with E-state index in [1.165, 1.54) is 30.0 Å². The van der Waals surface area contributed by atoms with Crippen molar-refractivity contribution in [3.05, 3.63) is 59.9 Å². The maximum Gasteiger partial charge on any atom is 0.264 e. The first-order chi connectivity index (χ1) is 11.8. The zero-order valence-electron chi connectivity index (χ0n) is 13.6. The fourth-order valence-electron chi connectivity index (χ4n) is 2.69. The van der Waals surface area contributed by atoms with Crippen LogP contribution in [0.5, 0.6) is 0 Å². The van der Waals surface area contributed by atoms with Crippen LogP contribution in [0.1, 0.15) is 18.9 Å². The second-order valence-electron chi connectivity index (χ2n) is 5.94. The standard InChI is InChI=1S/C17H18FN3O2S2/c1-17(9-10-24-16(19)20-17)12-5-4-6-13(11-12)21-25(22,23)15-8-3-2-7-14(15)18/h2-8,11,21H,9-10H2,1H3,(H2,19,20). The van der Waals surface area contributed by atoms with Crippen LogP contribution in [-0.4, -0.2) is 19.3 Å². The summed E-state index contributed by atoms with van der Waals surface area (Å²) >= 11 is 1.50. The highest BCUT2D eigenvalue weighted by Gasteiger charge is 2.30. The SMILES string of the molecule is CC1(c2cccc(NS(=O)(=O)c3ccccc3F)c2)CCSC(N)=N1. The van der Waals surface area contributed by atoms with Crippen LogP contribution in [0.15, 0.2) is 58.4 Å². The number of anilines is 1. The largest absolute Gasteiger partial charge is 0.379 e. The van der Waals surface area contributed by atoms with Gasteiger partial charge in [-0.1, -0.05) is 36.0 Å². The number of nitrogens with two attached hydrogens (primary N) is 1. The van der Waals surface area contributed by atoms with Gasteiger partial charge in [0.2, 0.25) is 0 Å². The molecule has 1 heterocycles. The fourth-order valence-corrected chi connectivity index (χ4v) is 4.79. The Morgan fingerprint density at radius 3 is 2.72 bits per heavy atom. The molecule has 0 radical (unpaired) electrons. The van der Waals surface area contributed by atoms with Gasteiger partial charge in [0.1, 0.15) is 10.7 Å². The van der Waals surface area contributed by atoms with Crippen molar-refractivity contribution in [1.82, 2.24) is 0 Å². The van der Waals surface area contributed by atoms with Crippen LogP contribution < -0.4 is 10.5 Å². The van der Waals surface area contributed by atoms with Crippen molar-refractivity contribution in [3.8, 4) is 0 Å². The van der Waals surface area contributed by atoms with E-state index in [1.54, 1.807) is 18.2 Å². The number of thioether (sulfide) groups is 1. The highest BCUT2D eigenvalue weighted by Crippen LogP contribution is 2.36. The van der Waals surface area contributed by atoms with E-state index in [1.807, 2.05) is 13.0 Å². The number of amidine groups is 1. The molecule has 5 nitrogen and oxygen atoms in total. The van der Waals surface area contributed by atoms with E-state index in [0.29, 0.717) is 10.9 Å². The van der Waals surface area contributed by atoms with Gasteiger partial charge in [0.15, 0.2) is 5.17 Å². The summed E-state index contributed by atoms with van der Waals surface area (Å²) in [4.78, 5) is 4.13. The van der Waals surface area contributed by atoms with Crippen molar-refractivity contribution >= 4 is 32.6 Å². The number of benzene rings is 2. The van der Waals surface area contributed by atoms with Gasteiger partial charge in [0.25, 0.3) is 10.0 Å². The minimum absolute atomic E-state index is 0.356.